The Labute approximate surface area is 181 Å². The average molecular weight is 493 g/mol. The molecule has 0 aromatic heterocycles. The molecule has 1 aromatic rings. The van der Waals surface area contributed by atoms with Crippen LogP contribution in [0.4, 0.5) is 0 Å². The minimum atomic E-state index is 0. The van der Waals surface area contributed by atoms with Crippen molar-refractivity contribution in [2.24, 2.45) is 4.99 Å². The number of hydrogen-bond acceptors (Lipinski definition) is 4. The zero-order chi connectivity index (χ0) is 19.2. The largest absolute Gasteiger partial charge is 0.493 e. The lowest BCUT2D eigenvalue weighted by Crippen LogP contribution is -2.38. The smallest absolute Gasteiger partial charge is 0.190 e. The first-order valence-electron chi connectivity index (χ1n) is 9.30. The molecule has 0 heterocycles. The van der Waals surface area contributed by atoms with Gasteiger partial charge in [-0.15, -0.1) is 24.0 Å². The molecule has 27 heavy (non-hydrogen) atoms. The van der Waals surface area contributed by atoms with Gasteiger partial charge in [-0.25, -0.2) is 0 Å². The third-order valence-electron chi connectivity index (χ3n) is 4.05. The number of aryl methyl sites for hydroxylation is 2. The number of aliphatic imine (C=N–C) groups is 1. The molecule has 0 amide bonds. The predicted molar refractivity (Wildman–Crippen MR) is 123 cm³/mol. The molecular formula is C20H36IN3O3. The summed E-state index contributed by atoms with van der Waals surface area (Å²) in [4.78, 5) is 4.22. The van der Waals surface area contributed by atoms with E-state index in [1.54, 1.807) is 14.2 Å². The lowest BCUT2D eigenvalue weighted by molar-refractivity contribution is 0.0698. The van der Waals surface area contributed by atoms with Gasteiger partial charge in [-0.3, -0.25) is 4.99 Å². The van der Waals surface area contributed by atoms with Crippen LogP contribution in [0, 0.1) is 20.8 Å². The Bertz CT molecular complexity index is 554. The Morgan fingerprint density at radius 1 is 0.963 bits per heavy atom. The predicted octanol–water partition coefficient (Wildman–Crippen LogP) is 3.22. The molecule has 0 aliphatic heterocycles. The number of halogens is 1. The molecule has 0 atom stereocenters. The summed E-state index contributed by atoms with van der Waals surface area (Å²) in [6.45, 7) is 10.6. The van der Waals surface area contributed by atoms with Crippen LogP contribution in [0.15, 0.2) is 17.1 Å². The Hall–Kier alpha value is -1.06. The number of rotatable bonds is 12. The fourth-order valence-electron chi connectivity index (χ4n) is 2.46. The molecule has 0 saturated carbocycles. The topological polar surface area (TPSA) is 64.1 Å². The Balaban J connectivity index is 0.00000676. The minimum Gasteiger partial charge on any atom is -0.493 e. The highest BCUT2D eigenvalue weighted by atomic mass is 127. The molecule has 2 N–H and O–H groups in total. The van der Waals surface area contributed by atoms with Gasteiger partial charge < -0.3 is 24.8 Å². The van der Waals surface area contributed by atoms with Crippen LogP contribution < -0.4 is 15.4 Å². The van der Waals surface area contributed by atoms with E-state index in [0.29, 0.717) is 19.8 Å². The van der Waals surface area contributed by atoms with E-state index in [4.69, 9.17) is 14.2 Å². The van der Waals surface area contributed by atoms with Crippen molar-refractivity contribution in [2.45, 2.75) is 33.6 Å². The third-order valence-corrected chi connectivity index (χ3v) is 4.05. The van der Waals surface area contributed by atoms with Gasteiger partial charge in [0, 0.05) is 33.9 Å². The van der Waals surface area contributed by atoms with E-state index in [0.717, 1.165) is 44.2 Å². The molecule has 0 fully saturated rings. The fourth-order valence-corrected chi connectivity index (χ4v) is 2.46. The van der Waals surface area contributed by atoms with Gasteiger partial charge in [-0.2, -0.15) is 0 Å². The number of ether oxygens (including phenoxy) is 3. The van der Waals surface area contributed by atoms with Crippen molar-refractivity contribution in [3.63, 3.8) is 0 Å². The van der Waals surface area contributed by atoms with Crippen LogP contribution in [-0.4, -0.2) is 59.6 Å². The Morgan fingerprint density at radius 2 is 1.63 bits per heavy atom. The Kier molecular flexibility index (Phi) is 15.3. The molecule has 0 unspecified atom stereocenters. The molecule has 156 valence electrons. The number of guanidine groups is 1. The summed E-state index contributed by atoms with van der Waals surface area (Å²) in [5.74, 6) is 1.79. The summed E-state index contributed by atoms with van der Waals surface area (Å²) in [7, 11) is 3.45. The van der Waals surface area contributed by atoms with Gasteiger partial charge >= 0.3 is 0 Å². The van der Waals surface area contributed by atoms with Crippen molar-refractivity contribution in [1.82, 2.24) is 10.6 Å². The van der Waals surface area contributed by atoms with E-state index >= 15 is 0 Å². The second-order valence-corrected chi connectivity index (χ2v) is 6.29. The van der Waals surface area contributed by atoms with Gasteiger partial charge in [0.05, 0.1) is 19.8 Å². The molecule has 1 aromatic carbocycles. The number of benzene rings is 1. The van der Waals surface area contributed by atoms with Crippen LogP contribution in [-0.2, 0) is 9.47 Å². The monoisotopic (exact) mass is 493 g/mol. The van der Waals surface area contributed by atoms with Gasteiger partial charge in [-0.05, 0) is 56.4 Å². The van der Waals surface area contributed by atoms with E-state index < -0.39 is 0 Å². The summed E-state index contributed by atoms with van der Waals surface area (Å²) in [5, 5.41) is 6.58. The third kappa shape index (κ3) is 11.4. The van der Waals surface area contributed by atoms with Crippen molar-refractivity contribution in [3.8, 4) is 5.75 Å². The molecule has 1 rings (SSSR count). The maximum absolute atomic E-state index is 5.93. The average Bonchev–Trinajstić information content (AvgIpc) is 2.62. The highest BCUT2D eigenvalue weighted by molar-refractivity contribution is 14.0. The second kappa shape index (κ2) is 15.9. The molecule has 0 aliphatic carbocycles. The van der Waals surface area contributed by atoms with Crippen LogP contribution in [0.3, 0.4) is 0 Å². The van der Waals surface area contributed by atoms with Crippen LogP contribution in [0.1, 0.15) is 29.5 Å². The van der Waals surface area contributed by atoms with Gasteiger partial charge in [0.1, 0.15) is 5.75 Å². The molecule has 6 nitrogen and oxygen atoms in total. The maximum atomic E-state index is 5.93. The van der Waals surface area contributed by atoms with E-state index in [2.05, 4.69) is 48.5 Å². The van der Waals surface area contributed by atoms with Crippen LogP contribution in [0.25, 0.3) is 0 Å². The summed E-state index contributed by atoms with van der Waals surface area (Å²) in [6, 6.07) is 4.28. The Morgan fingerprint density at radius 3 is 2.26 bits per heavy atom. The molecule has 0 radical (unpaired) electrons. The zero-order valence-corrected chi connectivity index (χ0v) is 19.7. The highest BCUT2D eigenvalue weighted by Crippen LogP contribution is 2.23. The number of nitrogens with zero attached hydrogens (tertiary/aromatic N) is 1. The van der Waals surface area contributed by atoms with Crippen LogP contribution in [0.5, 0.6) is 5.75 Å². The minimum absolute atomic E-state index is 0. The van der Waals surface area contributed by atoms with Crippen molar-refractivity contribution in [1.29, 1.82) is 0 Å². The van der Waals surface area contributed by atoms with Gasteiger partial charge in [0.25, 0.3) is 0 Å². The summed E-state index contributed by atoms with van der Waals surface area (Å²) < 4.78 is 16.3. The van der Waals surface area contributed by atoms with E-state index in [-0.39, 0.29) is 24.0 Å². The molecule has 0 spiro atoms. The van der Waals surface area contributed by atoms with Gasteiger partial charge in [-0.1, -0.05) is 6.07 Å². The van der Waals surface area contributed by atoms with Gasteiger partial charge in [0.15, 0.2) is 5.96 Å². The first-order chi connectivity index (χ1) is 12.6. The number of nitrogens with one attached hydrogen (secondary N) is 2. The van der Waals surface area contributed by atoms with Crippen molar-refractivity contribution < 1.29 is 14.2 Å². The number of methoxy groups -OCH3 is 1. The highest BCUT2D eigenvalue weighted by Gasteiger charge is 2.04. The normalized spacial score (nSPS) is 11.1. The van der Waals surface area contributed by atoms with Crippen molar-refractivity contribution in [2.75, 3.05) is 53.7 Å². The summed E-state index contributed by atoms with van der Waals surface area (Å²) >= 11 is 0. The molecule has 0 bridgehead atoms. The molecule has 7 heteroatoms. The van der Waals surface area contributed by atoms with Crippen LogP contribution in [0.2, 0.25) is 0 Å². The first-order valence-corrected chi connectivity index (χ1v) is 9.30. The SMILES string of the molecule is CN=C(NCCCOCCOC)NCCCOc1cc(C)cc(C)c1C.I. The standard InChI is InChI=1S/C20H35N3O3.HI/c1-16-14-17(2)18(3)19(15-16)26-11-7-9-23-20(21-4)22-8-6-10-25-13-12-24-5;/h14-15H,6-13H2,1-5H3,(H2,21,22,23);1H. The van der Waals surface area contributed by atoms with Crippen molar-refractivity contribution in [3.05, 3.63) is 28.8 Å². The fraction of sp³-hybridized carbons (Fsp3) is 0.650. The van der Waals surface area contributed by atoms with Gasteiger partial charge in [0.2, 0.25) is 0 Å². The maximum Gasteiger partial charge on any atom is 0.190 e. The lowest BCUT2D eigenvalue weighted by atomic mass is 10.1. The number of hydrogen-bond donors (Lipinski definition) is 2. The zero-order valence-electron chi connectivity index (χ0n) is 17.4. The van der Waals surface area contributed by atoms with E-state index in [1.807, 2.05) is 0 Å². The second-order valence-electron chi connectivity index (χ2n) is 6.29. The lowest BCUT2D eigenvalue weighted by Gasteiger charge is -2.14. The molecular weight excluding hydrogens is 457 g/mol. The van der Waals surface area contributed by atoms with E-state index in [1.165, 1.54) is 16.7 Å². The molecule has 0 saturated heterocycles. The quantitative estimate of drug-likeness (QED) is 0.203. The van der Waals surface area contributed by atoms with Crippen molar-refractivity contribution >= 4 is 29.9 Å². The molecule has 0 aliphatic rings. The summed E-state index contributed by atoms with van der Waals surface area (Å²) in [6.07, 6.45) is 1.84. The first kappa shape index (κ1) is 25.9. The summed E-state index contributed by atoms with van der Waals surface area (Å²) in [5.41, 5.74) is 3.72. The van der Waals surface area contributed by atoms with Crippen LogP contribution >= 0.6 is 24.0 Å². The van der Waals surface area contributed by atoms with E-state index in [9.17, 15) is 0 Å².